The first-order valence-electron chi connectivity index (χ1n) is 9.06. The van der Waals surface area contributed by atoms with Crippen molar-refractivity contribution in [2.75, 3.05) is 21.3 Å². The number of hydrogen-bond donors (Lipinski definition) is 2. The number of guanidine groups is 1. The number of ether oxygens (including phenoxy) is 3. The molecule has 10 heteroatoms. The highest BCUT2D eigenvalue weighted by Crippen LogP contribution is 2.48. The Kier molecular flexibility index (Phi) is 5.69. The van der Waals surface area contributed by atoms with Gasteiger partial charge >= 0.3 is 0 Å². The SMILES string of the molecule is COc1cc2c(c(OC)c1OC)CC(Sc1nc3ccccc3s1)/C2=N/N=C(N)N. The van der Waals surface area contributed by atoms with Crippen LogP contribution in [0, 0.1) is 0 Å². The monoisotopic (exact) mass is 443 g/mol. The normalized spacial score (nSPS) is 16.5. The van der Waals surface area contributed by atoms with Crippen LogP contribution in [-0.4, -0.2) is 43.2 Å². The molecule has 0 amide bonds. The average molecular weight is 444 g/mol. The van der Waals surface area contributed by atoms with Gasteiger partial charge in [-0.1, -0.05) is 23.9 Å². The first-order chi connectivity index (χ1) is 14.5. The van der Waals surface area contributed by atoms with Gasteiger partial charge in [0.15, 0.2) is 15.8 Å². The second kappa shape index (κ2) is 8.41. The van der Waals surface area contributed by atoms with Crippen LogP contribution in [0.2, 0.25) is 0 Å². The molecule has 0 radical (unpaired) electrons. The zero-order chi connectivity index (χ0) is 21.3. The number of nitrogens with zero attached hydrogens (tertiary/aromatic N) is 3. The third-order valence-corrected chi connectivity index (χ3v) is 7.03. The maximum atomic E-state index is 5.67. The molecule has 0 saturated carbocycles. The Balaban J connectivity index is 1.80. The zero-order valence-corrected chi connectivity index (χ0v) is 18.3. The summed E-state index contributed by atoms with van der Waals surface area (Å²) in [7, 11) is 4.78. The van der Waals surface area contributed by atoms with E-state index in [9.17, 15) is 0 Å². The Bertz CT molecular complexity index is 1120. The van der Waals surface area contributed by atoms with Crippen LogP contribution >= 0.6 is 23.1 Å². The van der Waals surface area contributed by atoms with Crippen molar-refractivity contribution in [1.82, 2.24) is 4.98 Å². The Morgan fingerprint density at radius 2 is 1.90 bits per heavy atom. The minimum atomic E-state index is -0.105. The van der Waals surface area contributed by atoms with E-state index in [4.69, 9.17) is 30.7 Å². The van der Waals surface area contributed by atoms with E-state index in [1.165, 1.54) is 0 Å². The number of hydrogen-bond acceptors (Lipinski definition) is 8. The molecule has 4 rings (SSSR count). The van der Waals surface area contributed by atoms with Crippen LogP contribution < -0.4 is 25.7 Å². The summed E-state index contributed by atoms with van der Waals surface area (Å²) < 4.78 is 18.8. The third-order valence-electron chi connectivity index (χ3n) is 4.69. The lowest BCUT2D eigenvalue weighted by Gasteiger charge is -2.15. The standard InChI is InChI=1S/C20H21N5O3S2/c1-26-13-8-10-11(17(27-2)18(13)28-3)9-15(16(10)24-25-19(21)22)30-20-23-12-6-4-5-7-14(12)29-20/h4-8,15H,9H2,1-3H3,(H4,21,22,25)/b24-16+. The Hall–Kier alpha value is -2.98. The number of para-hydroxylation sites is 1. The molecule has 8 nitrogen and oxygen atoms in total. The smallest absolute Gasteiger partial charge is 0.211 e. The van der Waals surface area contributed by atoms with Crippen molar-refractivity contribution in [3.05, 3.63) is 41.5 Å². The lowest BCUT2D eigenvalue weighted by atomic mass is 10.1. The van der Waals surface area contributed by atoms with Gasteiger partial charge in [0.2, 0.25) is 11.7 Å². The lowest BCUT2D eigenvalue weighted by Crippen LogP contribution is -2.22. The van der Waals surface area contributed by atoms with Gasteiger partial charge in [0.05, 0.1) is 42.5 Å². The van der Waals surface area contributed by atoms with Crippen molar-refractivity contribution in [2.45, 2.75) is 16.0 Å². The second-order valence-corrected chi connectivity index (χ2v) is 8.92. The number of thioether (sulfide) groups is 1. The molecule has 1 unspecified atom stereocenters. The Labute approximate surface area is 181 Å². The minimum absolute atomic E-state index is 0.0469. The molecule has 156 valence electrons. The number of benzene rings is 2. The van der Waals surface area contributed by atoms with Crippen LogP contribution in [0.4, 0.5) is 0 Å². The molecular formula is C20H21N5O3S2. The summed E-state index contributed by atoms with van der Waals surface area (Å²) in [4.78, 5) is 4.74. The van der Waals surface area contributed by atoms with Gasteiger partial charge in [0.1, 0.15) is 0 Å². The van der Waals surface area contributed by atoms with E-state index in [1.807, 2.05) is 24.3 Å². The minimum Gasteiger partial charge on any atom is -0.493 e. The van der Waals surface area contributed by atoms with Gasteiger partial charge in [-0.05, 0) is 24.6 Å². The Morgan fingerprint density at radius 1 is 1.13 bits per heavy atom. The summed E-state index contributed by atoms with van der Waals surface area (Å²) in [5.41, 5.74) is 14.6. The van der Waals surface area contributed by atoms with Gasteiger partial charge in [-0.15, -0.1) is 16.4 Å². The fourth-order valence-electron chi connectivity index (χ4n) is 3.45. The van der Waals surface area contributed by atoms with E-state index in [1.54, 1.807) is 44.4 Å². The van der Waals surface area contributed by atoms with Gasteiger partial charge < -0.3 is 25.7 Å². The number of thiazole rings is 1. The first kappa shape index (κ1) is 20.3. The van der Waals surface area contributed by atoms with Crippen molar-refractivity contribution in [3.8, 4) is 17.2 Å². The predicted molar refractivity (Wildman–Crippen MR) is 121 cm³/mol. The molecule has 1 aliphatic carbocycles. The van der Waals surface area contributed by atoms with Crippen LogP contribution in [0.5, 0.6) is 17.2 Å². The fourth-order valence-corrected chi connectivity index (χ4v) is 5.89. The molecule has 2 aromatic carbocycles. The van der Waals surface area contributed by atoms with E-state index in [2.05, 4.69) is 16.3 Å². The molecule has 1 aliphatic rings. The van der Waals surface area contributed by atoms with Gasteiger partial charge in [-0.2, -0.15) is 5.10 Å². The predicted octanol–water partition coefficient (Wildman–Crippen LogP) is 3.02. The van der Waals surface area contributed by atoms with Gasteiger partial charge in [0, 0.05) is 11.1 Å². The third kappa shape index (κ3) is 3.63. The molecule has 0 fully saturated rings. The second-order valence-electron chi connectivity index (χ2n) is 6.44. The van der Waals surface area contributed by atoms with Gasteiger partial charge in [0.25, 0.3) is 0 Å². The first-order valence-corrected chi connectivity index (χ1v) is 10.8. The maximum absolute atomic E-state index is 5.67. The zero-order valence-electron chi connectivity index (χ0n) is 16.7. The molecule has 0 bridgehead atoms. The summed E-state index contributed by atoms with van der Waals surface area (Å²) in [5.74, 6) is 1.62. The number of nitrogens with two attached hydrogens (primary N) is 2. The summed E-state index contributed by atoms with van der Waals surface area (Å²) in [5, 5.41) is 8.22. The summed E-state index contributed by atoms with van der Waals surface area (Å²) in [6.07, 6.45) is 0.665. The molecule has 0 aliphatic heterocycles. The van der Waals surface area contributed by atoms with E-state index < -0.39 is 0 Å². The quantitative estimate of drug-likeness (QED) is 0.342. The highest BCUT2D eigenvalue weighted by Gasteiger charge is 2.36. The summed E-state index contributed by atoms with van der Waals surface area (Å²) in [6.45, 7) is 0. The molecule has 30 heavy (non-hydrogen) atoms. The molecule has 4 N–H and O–H groups in total. The molecule has 1 aromatic heterocycles. The summed E-state index contributed by atoms with van der Waals surface area (Å²) in [6, 6.07) is 9.95. The number of aromatic nitrogens is 1. The van der Waals surface area contributed by atoms with Crippen molar-refractivity contribution in [2.24, 2.45) is 21.7 Å². The lowest BCUT2D eigenvalue weighted by molar-refractivity contribution is 0.322. The largest absolute Gasteiger partial charge is 0.493 e. The van der Waals surface area contributed by atoms with E-state index in [-0.39, 0.29) is 11.2 Å². The van der Waals surface area contributed by atoms with Crippen LogP contribution in [-0.2, 0) is 6.42 Å². The number of fused-ring (bicyclic) bond motifs is 2. The molecule has 3 aromatic rings. The topological polar surface area (TPSA) is 117 Å². The van der Waals surface area contributed by atoms with Crippen molar-refractivity contribution >= 4 is 45.0 Å². The molecule has 1 heterocycles. The highest BCUT2D eigenvalue weighted by molar-refractivity contribution is 8.02. The van der Waals surface area contributed by atoms with E-state index in [0.717, 1.165) is 31.4 Å². The highest BCUT2D eigenvalue weighted by atomic mass is 32.2. The van der Waals surface area contributed by atoms with Crippen molar-refractivity contribution < 1.29 is 14.2 Å². The van der Waals surface area contributed by atoms with Crippen LogP contribution in [0.3, 0.4) is 0 Å². The number of methoxy groups -OCH3 is 3. The molecule has 0 saturated heterocycles. The molecule has 0 spiro atoms. The number of rotatable bonds is 6. The average Bonchev–Trinajstić information content (AvgIpc) is 3.30. The van der Waals surface area contributed by atoms with Gasteiger partial charge in [-0.25, -0.2) is 4.98 Å². The molecule has 1 atom stereocenters. The van der Waals surface area contributed by atoms with Gasteiger partial charge in [-0.3, -0.25) is 0 Å². The van der Waals surface area contributed by atoms with Crippen LogP contribution in [0.1, 0.15) is 11.1 Å². The van der Waals surface area contributed by atoms with Crippen LogP contribution in [0.25, 0.3) is 10.2 Å². The van der Waals surface area contributed by atoms with Crippen LogP contribution in [0.15, 0.2) is 44.9 Å². The molecular weight excluding hydrogens is 422 g/mol. The van der Waals surface area contributed by atoms with E-state index >= 15 is 0 Å². The maximum Gasteiger partial charge on any atom is 0.211 e. The fraction of sp³-hybridized carbons (Fsp3) is 0.250. The van der Waals surface area contributed by atoms with Crippen molar-refractivity contribution in [1.29, 1.82) is 0 Å². The summed E-state index contributed by atoms with van der Waals surface area (Å²) >= 11 is 3.27. The Morgan fingerprint density at radius 3 is 2.57 bits per heavy atom. The van der Waals surface area contributed by atoms with E-state index in [0.29, 0.717) is 23.7 Å². The van der Waals surface area contributed by atoms with Crippen molar-refractivity contribution in [3.63, 3.8) is 0 Å².